The Balaban J connectivity index is 2.41. The summed E-state index contributed by atoms with van der Waals surface area (Å²) in [7, 11) is 0. The number of aryl methyl sites for hydroxylation is 2. The third-order valence-corrected chi connectivity index (χ3v) is 4.18. The Kier molecular flexibility index (Phi) is 3.22. The third-order valence-electron chi connectivity index (χ3n) is 2.30. The average molecular weight is 282 g/mol. The first-order valence-corrected chi connectivity index (χ1v) is 6.54. The van der Waals surface area contributed by atoms with Crippen molar-refractivity contribution in [3.8, 4) is 10.6 Å². The predicted octanol–water partition coefficient (Wildman–Crippen LogP) is 4.44. The molecule has 0 amide bonds. The predicted molar refractivity (Wildman–Crippen MR) is 69.4 cm³/mol. The van der Waals surface area contributed by atoms with Crippen LogP contribution < -0.4 is 0 Å². The van der Waals surface area contributed by atoms with E-state index in [4.69, 9.17) is 0 Å². The van der Waals surface area contributed by atoms with Crippen LogP contribution in [0.15, 0.2) is 28.7 Å². The first kappa shape index (κ1) is 10.8. The molecule has 0 spiro atoms. The topological polar surface area (TPSA) is 12.9 Å². The quantitative estimate of drug-likeness (QED) is 0.793. The molecule has 78 valence electrons. The number of halogens is 1. The maximum absolute atomic E-state index is 4.58. The minimum absolute atomic E-state index is 1.07. The smallest absolute Gasteiger partial charge is 0.123 e. The monoisotopic (exact) mass is 281 g/mol. The van der Waals surface area contributed by atoms with E-state index in [1.165, 1.54) is 16.1 Å². The van der Waals surface area contributed by atoms with Crippen molar-refractivity contribution >= 4 is 27.3 Å². The zero-order valence-corrected chi connectivity index (χ0v) is 11.2. The molecule has 0 aliphatic rings. The number of hydrogen-bond acceptors (Lipinski definition) is 2. The molecule has 15 heavy (non-hydrogen) atoms. The lowest BCUT2D eigenvalue weighted by Crippen LogP contribution is -1.78. The van der Waals surface area contributed by atoms with E-state index in [1.54, 1.807) is 11.3 Å². The largest absolute Gasteiger partial charge is 0.241 e. The summed E-state index contributed by atoms with van der Waals surface area (Å²) in [5.41, 5.74) is 2.37. The first-order chi connectivity index (χ1) is 7.20. The van der Waals surface area contributed by atoms with Gasteiger partial charge in [-0.15, -0.1) is 11.3 Å². The molecule has 1 aromatic heterocycles. The first-order valence-electron chi connectivity index (χ1n) is 4.93. The summed E-state index contributed by atoms with van der Waals surface area (Å²) in [6, 6.07) is 8.30. The molecule has 0 bridgehead atoms. The summed E-state index contributed by atoms with van der Waals surface area (Å²) in [4.78, 5) is 5.97. The van der Waals surface area contributed by atoms with Gasteiger partial charge in [0.25, 0.3) is 0 Å². The number of thiazole rings is 1. The summed E-state index contributed by atoms with van der Waals surface area (Å²) in [6.07, 6.45) is 1.07. The number of nitrogens with zero attached hydrogens (tertiary/aromatic N) is 1. The SMILES string of the molecule is CCc1sc(-c2ccc(Br)cc2)nc1C. The Labute approximate surface area is 102 Å². The second-order valence-corrected chi connectivity index (χ2v) is 5.39. The van der Waals surface area contributed by atoms with Gasteiger partial charge < -0.3 is 0 Å². The lowest BCUT2D eigenvalue weighted by Gasteiger charge is -1.95. The summed E-state index contributed by atoms with van der Waals surface area (Å²) in [5, 5.41) is 1.12. The summed E-state index contributed by atoms with van der Waals surface area (Å²) in [6.45, 7) is 4.25. The van der Waals surface area contributed by atoms with Gasteiger partial charge >= 0.3 is 0 Å². The highest BCUT2D eigenvalue weighted by atomic mass is 79.9. The van der Waals surface area contributed by atoms with Crippen molar-refractivity contribution in [3.05, 3.63) is 39.3 Å². The minimum Gasteiger partial charge on any atom is -0.241 e. The van der Waals surface area contributed by atoms with E-state index < -0.39 is 0 Å². The molecule has 0 saturated carbocycles. The van der Waals surface area contributed by atoms with Crippen molar-refractivity contribution < 1.29 is 0 Å². The average Bonchev–Trinajstić information content (AvgIpc) is 2.61. The molecule has 0 radical (unpaired) electrons. The van der Waals surface area contributed by atoms with E-state index >= 15 is 0 Å². The second-order valence-electron chi connectivity index (χ2n) is 3.39. The molecule has 0 aliphatic carbocycles. The van der Waals surface area contributed by atoms with Gasteiger partial charge in [0.15, 0.2) is 0 Å². The van der Waals surface area contributed by atoms with E-state index in [0.717, 1.165) is 15.9 Å². The van der Waals surface area contributed by atoms with Crippen LogP contribution in [-0.4, -0.2) is 4.98 Å². The van der Waals surface area contributed by atoms with Crippen LogP contribution >= 0.6 is 27.3 Å². The molecule has 0 N–H and O–H groups in total. The maximum atomic E-state index is 4.58. The molecule has 1 nitrogen and oxygen atoms in total. The van der Waals surface area contributed by atoms with E-state index in [0.29, 0.717) is 0 Å². The Morgan fingerprint density at radius 2 is 1.93 bits per heavy atom. The molecule has 1 heterocycles. The summed E-state index contributed by atoms with van der Waals surface area (Å²) >= 11 is 5.23. The molecule has 0 aliphatic heterocycles. The molecular weight excluding hydrogens is 270 g/mol. The zero-order valence-electron chi connectivity index (χ0n) is 8.75. The van der Waals surface area contributed by atoms with Gasteiger partial charge in [-0.05, 0) is 25.5 Å². The standard InChI is InChI=1S/C12H12BrNS/c1-3-11-8(2)14-12(15-11)9-4-6-10(13)7-5-9/h4-7H,3H2,1-2H3. The van der Waals surface area contributed by atoms with Crippen molar-refractivity contribution in [1.82, 2.24) is 4.98 Å². The fourth-order valence-corrected chi connectivity index (χ4v) is 2.74. The molecule has 2 aromatic rings. The van der Waals surface area contributed by atoms with Crippen LogP contribution in [0.1, 0.15) is 17.5 Å². The molecule has 2 rings (SSSR count). The molecule has 3 heteroatoms. The number of benzene rings is 1. The van der Waals surface area contributed by atoms with Crippen molar-refractivity contribution in [2.45, 2.75) is 20.3 Å². The van der Waals surface area contributed by atoms with Crippen molar-refractivity contribution in [1.29, 1.82) is 0 Å². The fourth-order valence-electron chi connectivity index (χ4n) is 1.47. The highest BCUT2D eigenvalue weighted by Gasteiger charge is 2.07. The normalized spacial score (nSPS) is 10.6. The van der Waals surface area contributed by atoms with E-state index in [2.05, 4.69) is 59.0 Å². The number of hydrogen-bond donors (Lipinski definition) is 0. The highest BCUT2D eigenvalue weighted by molar-refractivity contribution is 9.10. The van der Waals surface area contributed by atoms with Gasteiger partial charge in [0.05, 0.1) is 5.69 Å². The third kappa shape index (κ3) is 2.29. The van der Waals surface area contributed by atoms with Gasteiger partial charge in [-0.3, -0.25) is 0 Å². The van der Waals surface area contributed by atoms with Crippen LogP contribution in [0, 0.1) is 6.92 Å². The van der Waals surface area contributed by atoms with Gasteiger partial charge in [0, 0.05) is 14.9 Å². The number of aromatic nitrogens is 1. The Hall–Kier alpha value is -0.670. The minimum atomic E-state index is 1.07. The van der Waals surface area contributed by atoms with Crippen molar-refractivity contribution in [2.75, 3.05) is 0 Å². The van der Waals surface area contributed by atoms with Gasteiger partial charge in [-0.2, -0.15) is 0 Å². The molecule has 0 fully saturated rings. The lowest BCUT2D eigenvalue weighted by molar-refractivity contribution is 1.11. The molecule has 0 atom stereocenters. The van der Waals surface area contributed by atoms with Gasteiger partial charge in [0.1, 0.15) is 5.01 Å². The van der Waals surface area contributed by atoms with E-state index in [9.17, 15) is 0 Å². The molecule has 0 saturated heterocycles. The van der Waals surface area contributed by atoms with Crippen LogP contribution in [0.3, 0.4) is 0 Å². The second kappa shape index (κ2) is 4.45. The van der Waals surface area contributed by atoms with Crippen molar-refractivity contribution in [3.63, 3.8) is 0 Å². The van der Waals surface area contributed by atoms with Gasteiger partial charge in [0.2, 0.25) is 0 Å². The van der Waals surface area contributed by atoms with Crippen LogP contribution in [0.4, 0.5) is 0 Å². The lowest BCUT2D eigenvalue weighted by atomic mass is 10.2. The molecular formula is C12H12BrNS. The van der Waals surface area contributed by atoms with E-state index in [1.807, 2.05) is 0 Å². The fraction of sp³-hybridized carbons (Fsp3) is 0.250. The summed E-state index contributed by atoms with van der Waals surface area (Å²) in [5.74, 6) is 0. The van der Waals surface area contributed by atoms with Gasteiger partial charge in [-0.25, -0.2) is 4.98 Å². The zero-order chi connectivity index (χ0) is 10.8. The Morgan fingerprint density at radius 3 is 2.47 bits per heavy atom. The van der Waals surface area contributed by atoms with Crippen molar-refractivity contribution in [2.24, 2.45) is 0 Å². The van der Waals surface area contributed by atoms with Crippen LogP contribution in [0.25, 0.3) is 10.6 Å². The van der Waals surface area contributed by atoms with Crippen LogP contribution in [-0.2, 0) is 6.42 Å². The Morgan fingerprint density at radius 1 is 1.27 bits per heavy atom. The number of rotatable bonds is 2. The Bertz CT molecular complexity index is 459. The van der Waals surface area contributed by atoms with Crippen LogP contribution in [0.2, 0.25) is 0 Å². The summed E-state index contributed by atoms with van der Waals surface area (Å²) < 4.78 is 1.11. The van der Waals surface area contributed by atoms with E-state index in [-0.39, 0.29) is 0 Å². The maximum Gasteiger partial charge on any atom is 0.123 e. The highest BCUT2D eigenvalue weighted by Crippen LogP contribution is 2.28. The molecule has 0 unspecified atom stereocenters. The van der Waals surface area contributed by atoms with Gasteiger partial charge in [-0.1, -0.05) is 35.0 Å². The molecule has 1 aromatic carbocycles. The van der Waals surface area contributed by atoms with Crippen LogP contribution in [0.5, 0.6) is 0 Å².